The number of carbonyl (C=O) groups is 2. The predicted octanol–water partition coefficient (Wildman–Crippen LogP) is 2.24. The van der Waals surface area contributed by atoms with Crippen molar-refractivity contribution in [2.75, 3.05) is 0 Å². The molecule has 0 fully saturated rings. The second-order valence-corrected chi connectivity index (χ2v) is 4.97. The molecular formula is C17H18N2O2. The molecule has 0 radical (unpaired) electrons. The van der Waals surface area contributed by atoms with E-state index in [0.29, 0.717) is 17.7 Å². The van der Waals surface area contributed by atoms with E-state index < -0.39 is 5.91 Å². The monoisotopic (exact) mass is 282 g/mol. The summed E-state index contributed by atoms with van der Waals surface area (Å²) in [5.74, 6) is -0.616. The first kappa shape index (κ1) is 14.8. The third-order valence-corrected chi connectivity index (χ3v) is 3.27. The molecule has 21 heavy (non-hydrogen) atoms. The molecule has 2 N–H and O–H groups in total. The van der Waals surface area contributed by atoms with Gasteiger partial charge in [-0.15, -0.1) is 6.58 Å². The molecule has 0 saturated heterocycles. The van der Waals surface area contributed by atoms with E-state index >= 15 is 0 Å². The molecule has 0 atom stereocenters. The number of hydrogen-bond donors (Lipinski definition) is 1. The van der Waals surface area contributed by atoms with E-state index in [2.05, 4.69) is 6.58 Å². The summed E-state index contributed by atoms with van der Waals surface area (Å²) < 4.78 is 1.48. The van der Waals surface area contributed by atoms with Crippen LogP contribution in [0.4, 0.5) is 0 Å². The SMILES string of the molecule is C=CCc1ccc(C)cc1C(=O)n1cccc1CC(N)=O. The summed E-state index contributed by atoms with van der Waals surface area (Å²) in [6.07, 6.45) is 4.08. The maximum absolute atomic E-state index is 12.7. The minimum absolute atomic E-state index is 0.0430. The number of amides is 1. The molecule has 0 bridgehead atoms. The quantitative estimate of drug-likeness (QED) is 0.855. The van der Waals surface area contributed by atoms with Gasteiger partial charge in [-0.1, -0.05) is 23.8 Å². The van der Waals surface area contributed by atoms with Gasteiger partial charge in [0.1, 0.15) is 0 Å². The van der Waals surface area contributed by atoms with E-state index in [-0.39, 0.29) is 12.3 Å². The van der Waals surface area contributed by atoms with Crippen LogP contribution in [0.5, 0.6) is 0 Å². The molecule has 0 saturated carbocycles. The number of rotatable bonds is 5. The van der Waals surface area contributed by atoms with Crippen molar-refractivity contribution >= 4 is 11.8 Å². The normalized spacial score (nSPS) is 10.3. The highest BCUT2D eigenvalue weighted by molar-refractivity contribution is 5.98. The fourth-order valence-corrected chi connectivity index (χ4v) is 2.29. The molecule has 2 aromatic rings. The third kappa shape index (κ3) is 3.28. The number of nitrogens with zero attached hydrogens (tertiary/aromatic N) is 1. The molecule has 0 aliphatic carbocycles. The van der Waals surface area contributed by atoms with Crippen LogP contribution in [-0.4, -0.2) is 16.4 Å². The molecule has 4 nitrogen and oxygen atoms in total. The Balaban J connectivity index is 2.44. The first-order valence-corrected chi connectivity index (χ1v) is 6.72. The van der Waals surface area contributed by atoms with Gasteiger partial charge in [0.15, 0.2) is 0 Å². The first-order chi connectivity index (χ1) is 10.0. The zero-order valence-electron chi connectivity index (χ0n) is 12.0. The summed E-state index contributed by atoms with van der Waals surface area (Å²) in [6, 6.07) is 9.22. The molecule has 0 unspecified atom stereocenters. The Morgan fingerprint density at radius 2 is 2.10 bits per heavy atom. The summed E-state index contributed by atoms with van der Waals surface area (Å²) >= 11 is 0. The number of allylic oxidation sites excluding steroid dienone is 1. The van der Waals surface area contributed by atoms with E-state index in [1.807, 2.05) is 25.1 Å². The van der Waals surface area contributed by atoms with E-state index in [1.54, 1.807) is 24.4 Å². The molecule has 0 spiro atoms. The highest BCUT2D eigenvalue weighted by atomic mass is 16.2. The van der Waals surface area contributed by atoms with Crippen LogP contribution in [0, 0.1) is 6.92 Å². The summed E-state index contributed by atoms with van der Waals surface area (Å²) in [7, 11) is 0. The van der Waals surface area contributed by atoms with Gasteiger partial charge in [-0.05, 0) is 37.1 Å². The number of aryl methyl sites for hydroxylation is 1. The van der Waals surface area contributed by atoms with E-state index in [0.717, 1.165) is 11.1 Å². The number of carbonyl (C=O) groups excluding carboxylic acids is 2. The Kier molecular flexibility index (Phi) is 4.38. The number of aromatic nitrogens is 1. The van der Waals surface area contributed by atoms with Crippen molar-refractivity contribution in [2.24, 2.45) is 5.73 Å². The Morgan fingerprint density at radius 1 is 1.33 bits per heavy atom. The second-order valence-electron chi connectivity index (χ2n) is 4.97. The van der Waals surface area contributed by atoms with Crippen LogP contribution in [0.25, 0.3) is 0 Å². The fraction of sp³-hybridized carbons (Fsp3) is 0.176. The molecule has 0 aliphatic rings. The van der Waals surface area contributed by atoms with Gasteiger partial charge < -0.3 is 5.73 Å². The Hall–Kier alpha value is -2.62. The number of hydrogen-bond acceptors (Lipinski definition) is 2. The van der Waals surface area contributed by atoms with Crippen LogP contribution in [0.2, 0.25) is 0 Å². The lowest BCUT2D eigenvalue weighted by Crippen LogP contribution is -2.21. The minimum atomic E-state index is -0.460. The number of nitrogens with two attached hydrogens (primary N) is 1. The van der Waals surface area contributed by atoms with Crippen LogP contribution in [0.1, 0.15) is 27.2 Å². The molecule has 1 heterocycles. The van der Waals surface area contributed by atoms with Gasteiger partial charge in [0, 0.05) is 17.5 Å². The summed E-state index contributed by atoms with van der Waals surface area (Å²) in [6.45, 7) is 5.66. The Morgan fingerprint density at radius 3 is 2.76 bits per heavy atom. The van der Waals surface area contributed by atoms with Crippen LogP contribution in [0.3, 0.4) is 0 Å². The molecular weight excluding hydrogens is 264 g/mol. The maximum Gasteiger partial charge on any atom is 0.262 e. The van der Waals surface area contributed by atoms with Crippen molar-refractivity contribution in [3.63, 3.8) is 0 Å². The van der Waals surface area contributed by atoms with Crippen LogP contribution < -0.4 is 5.73 Å². The van der Waals surface area contributed by atoms with Crippen molar-refractivity contribution in [2.45, 2.75) is 19.8 Å². The van der Waals surface area contributed by atoms with Crippen molar-refractivity contribution < 1.29 is 9.59 Å². The second kappa shape index (κ2) is 6.22. The largest absolute Gasteiger partial charge is 0.369 e. The van der Waals surface area contributed by atoms with Crippen molar-refractivity contribution in [1.29, 1.82) is 0 Å². The standard InChI is InChI=1S/C17H18N2O2/c1-3-5-13-8-7-12(2)10-15(13)17(21)19-9-4-6-14(19)11-16(18)20/h3-4,6-10H,1,5,11H2,2H3,(H2,18,20). The van der Waals surface area contributed by atoms with Gasteiger partial charge in [0.05, 0.1) is 6.42 Å². The minimum Gasteiger partial charge on any atom is -0.369 e. The molecule has 4 heteroatoms. The molecule has 2 rings (SSSR count). The lowest BCUT2D eigenvalue weighted by atomic mass is 10.0. The lowest BCUT2D eigenvalue weighted by molar-refractivity contribution is -0.117. The average Bonchev–Trinajstić information content (AvgIpc) is 2.87. The fourth-order valence-electron chi connectivity index (χ4n) is 2.29. The zero-order chi connectivity index (χ0) is 15.4. The summed E-state index contributed by atoms with van der Waals surface area (Å²) in [5.41, 5.74) is 8.36. The topological polar surface area (TPSA) is 65.1 Å². The average molecular weight is 282 g/mol. The maximum atomic E-state index is 12.7. The zero-order valence-corrected chi connectivity index (χ0v) is 12.0. The van der Waals surface area contributed by atoms with Gasteiger partial charge >= 0.3 is 0 Å². The van der Waals surface area contributed by atoms with E-state index in [4.69, 9.17) is 5.73 Å². The van der Waals surface area contributed by atoms with Crippen molar-refractivity contribution in [3.8, 4) is 0 Å². The molecule has 1 aromatic heterocycles. The molecule has 108 valence electrons. The smallest absolute Gasteiger partial charge is 0.262 e. The van der Waals surface area contributed by atoms with Crippen LogP contribution >= 0.6 is 0 Å². The van der Waals surface area contributed by atoms with Gasteiger partial charge in [-0.3, -0.25) is 14.2 Å². The van der Waals surface area contributed by atoms with E-state index in [9.17, 15) is 9.59 Å². The lowest BCUT2D eigenvalue weighted by Gasteiger charge is -2.11. The number of primary amides is 1. The van der Waals surface area contributed by atoms with Gasteiger partial charge in [-0.2, -0.15) is 0 Å². The van der Waals surface area contributed by atoms with Gasteiger partial charge in [0.25, 0.3) is 5.91 Å². The molecule has 1 aromatic carbocycles. The molecule has 0 aliphatic heterocycles. The third-order valence-electron chi connectivity index (χ3n) is 3.27. The number of benzene rings is 1. The first-order valence-electron chi connectivity index (χ1n) is 6.72. The van der Waals surface area contributed by atoms with Crippen LogP contribution in [0.15, 0.2) is 49.2 Å². The Labute approximate surface area is 123 Å². The van der Waals surface area contributed by atoms with E-state index in [1.165, 1.54) is 4.57 Å². The summed E-state index contributed by atoms with van der Waals surface area (Å²) in [5, 5.41) is 0. The van der Waals surface area contributed by atoms with Crippen LogP contribution in [-0.2, 0) is 17.6 Å². The Bertz CT molecular complexity index is 699. The predicted molar refractivity (Wildman–Crippen MR) is 82.1 cm³/mol. The van der Waals surface area contributed by atoms with Gasteiger partial charge in [-0.25, -0.2) is 0 Å². The molecule has 1 amide bonds. The highest BCUT2D eigenvalue weighted by Crippen LogP contribution is 2.16. The van der Waals surface area contributed by atoms with Crippen molar-refractivity contribution in [3.05, 3.63) is 71.6 Å². The van der Waals surface area contributed by atoms with Gasteiger partial charge in [0.2, 0.25) is 5.91 Å². The highest BCUT2D eigenvalue weighted by Gasteiger charge is 2.16. The summed E-state index contributed by atoms with van der Waals surface area (Å²) in [4.78, 5) is 23.8. The van der Waals surface area contributed by atoms with Crippen molar-refractivity contribution in [1.82, 2.24) is 4.57 Å².